The maximum atomic E-state index is 11.5. The van der Waals surface area contributed by atoms with Gasteiger partial charge in [0.05, 0.1) is 0 Å². The molecule has 0 radical (unpaired) electrons. The fourth-order valence-corrected chi connectivity index (χ4v) is 1.19. The van der Waals surface area contributed by atoms with E-state index < -0.39 is 5.91 Å². The summed E-state index contributed by atoms with van der Waals surface area (Å²) in [6.45, 7) is 3.77. The molecule has 0 bridgehead atoms. The Bertz CT molecular complexity index is 498. The third kappa shape index (κ3) is 3.84. The lowest BCUT2D eigenvalue weighted by Gasteiger charge is -2.00. The van der Waals surface area contributed by atoms with E-state index >= 15 is 0 Å². The number of aromatic hydroxyl groups is 1. The van der Waals surface area contributed by atoms with Crippen LogP contribution in [-0.4, -0.2) is 17.6 Å². The Hall–Kier alpha value is -2.54. The summed E-state index contributed by atoms with van der Waals surface area (Å²) in [5.74, 6) is -0.377. The Kier molecular flexibility index (Phi) is 4.52. The number of hydrogen-bond acceptors (Lipinski definition) is 3. The van der Waals surface area contributed by atoms with E-state index in [1.165, 1.54) is 24.3 Å². The lowest BCUT2D eigenvalue weighted by molar-refractivity contribution is -0.116. The number of nitrogens with one attached hydrogen (secondary N) is 1. The minimum Gasteiger partial charge on any atom is -0.508 e. The maximum Gasteiger partial charge on any atom is 0.262 e. The zero-order valence-electron chi connectivity index (χ0n) is 9.18. The van der Waals surface area contributed by atoms with Gasteiger partial charge in [-0.15, -0.1) is 6.58 Å². The van der Waals surface area contributed by atoms with E-state index in [4.69, 9.17) is 5.26 Å². The summed E-state index contributed by atoms with van der Waals surface area (Å²) in [5.41, 5.74) is 0.577. The molecule has 0 unspecified atom stereocenters. The standard InChI is InChI=1S/C13H12N2O2/c1-2-6-15-13(17)11(9-14)7-10-4-3-5-12(16)8-10/h2-5,7-8,16H,1,6H2,(H,15,17)/b11-7-. The molecule has 2 N–H and O–H groups in total. The number of phenolic OH excluding ortho intramolecular Hbond substituents is 1. The Morgan fingerprint density at radius 1 is 1.59 bits per heavy atom. The smallest absolute Gasteiger partial charge is 0.262 e. The minimum absolute atomic E-state index is 0.0162. The van der Waals surface area contributed by atoms with Crippen LogP contribution in [0.25, 0.3) is 6.08 Å². The van der Waals surface area contributed by atoms with Gasteiger partial charge in [-0.05, 0) is 23.8 Å². The van der Waals surface area contributed by atoms with Crippen molar-refractivity contribution in [1.82, 2.24) is 5.32 Å². The highest BCUT2D eigenvalue weighted by Crippen LogP contribution is 2.13. The van der Waals surface area contributed by atoms with E-state index in [9.17, 15) is 9.90 Å². The lowest BCUT2D eigenvalue weighted by Crippen LogP contribution is -2.24. The second-order valence-corrected chi connectivity index (χ2v) is 3.26. The van der Waals surface area contributed by atoms with Crippen LogP contribution in [0.15, 0.2) is 42.5 Å². The summed E-state index contributed by atoms with van der Waals surface area (Å²) in [4.78, 5) is 11.5. The van der Waals surface area contributed by atoms with Crippen LogP contribution in [0.2, 0.25) is 0 Å². The summed E-state index contributed by atoms with van der Waals surface area (Å²) < 4.78 is 0. The molecule has 0 fully saturated rings. The molecule has 4 heteroatoms. The highest BCUT2D eigenvalue weighted by atomic mass is 16.3. The molecular weight excluding hydrogens is 216 g/mol. The van der Waals surface area contributed by atoms with Crippen molar-refractivity contribution in [3.63, 3.8) is 0 Å². The van der Waals surface area contributed by atoms with Crippen molar-refractivity contribution in [2.24, 2.45) is 0 Å². The van der Waals surface area contributed by atoms with Crippen molar-refractivity contribution >= 4 is 12.0 Å². The van der Waals surface area contributed by atoms with Gasteiger partial charge >= 0.3 is 0 Å². The first kappa shape index (κ1) is 12.5. The van der Waals surface area contributed by atoms with Crippen LogP contribution in [-0.2, 0) is 4.79 Å². The molecule has 4 nitrogen and oxygen atoms in total. The molecule has 1 rings (SSSR count). The predicted molar refractivity (Wildman–Crippen MR) is 64.9 cm³/mol. The topological polar surface area (TPSA) is 73.1 Å². The van der Waals surface area contributed by atoms with Gasteiger partial charge in [0.1, 0.15) is 17.4 Å². The molecule has 0 aromatic heterocycles. The molecule has 0 saturated heterocycles. The van der Waals surface area contributed by atoms with Gasteiger partial charge in [0.2, 0.25) is 0 Å². The number of carbonyl (C=O) groups is 1. The molecule has 0 aliphatic carbocycles. The summed E-state index contributed by atoms with van der Waals surface area (Å²) in [7, 11) is 0. The highest BCUT2D eigenvalue weighted by molar-refractivity contribution is 6.01. The van der Waals surface area contributed by atoms with E-state index in [-0.39, 0.29) is 11.3 Å². The molecular formula is C13H12N2O2. The first-order valence-corrected chi connectivity index (χ1v) is 4.97. The van der Waals surface area contributed by atoms with Crippen LogP contribution >= 0.6 is 0 Å². The third-order valence-corrected chi connectivity index (χ3v) is 1.95. The third-order valence-electron chi connectivity index (χ3n) is 1.95. The number of rotatable bonds is 4. The van der Waals surface area contributed by atoms with Gasteiger partial charge in [0, 0.05) is 6.54 Å². The molecule has 17 heavy (non-hydrogen) atoms. The number of phenols is 1. The Morgan fingerprint density at radius 2 is 2.35 bits per heavy atom. The average molecular weight is 228 g/mol. The number of hydrogen-bond donors (Lipinski definition) is 2. The van der Waals surface area contributed by atoms with Gasteiger partial charge < -0.3 is 10.4 Å². The van der Waals surface area contributed by atoms with E-state index in [1.54, 1.807) is 12.1 Å². The number of carbonyl (C=O) groups excluding carboxylic acids is 1. The van der Waals surface area contributed by atoms with Crippen LogP contribution in [0, 0.1) is 11.3 Å². The van der Waals surface area contributed by atoms with E-state index in [1.807, 2.05) is 6.07 Å². The first-order valence-electron chi connectivity index (χ1n) is 4.97. The molecule has 1 aromatic rings. The van der Waals surface area contributed by atoms with Crippen LogP contribution in [0.3, 0.4) is 0 Å². The molecule has 1 amide bonds. The zero-order chi connectivity index (χ0) is 12.7. The van der Waals surface area contributed by atoms with Crippen molar-refractivity contribution in [3.8, 4) is 11.8 Å². The Balaban J connectivity index is 2.91. The van der Waals surface area contributed by atoms with Crippen molar-refractivity contribution in [2.75, 3.05) is 6.54 Å². The van der Waals surface area contributed by atoms with Crippen molar-refractivity contribution < 1.29 is 9.90 Å². The lowest BCUT2D eigenvalue weighted by atomic mass is 10.1. The molecule has 0 heterocycles. The molecule has 0 aliphatic heterocycles. The normalized spacial score (nSPS) is 10.4. The van der Waals surface area contributed by atoms with Crippen LogP contribution < -0.4 is 5.32 Å². The van der Waals surface area contributed by atoms with Gasteiger partial charge in [0.25, 0.3) is 5.91 Å². The molecule has 86 valence electrons. The first-order chi connectivity index (χ1) is 8.17. The summed E-state index contributed by atoms with van der Waals surface area (Å²) in [5, 5.41) is 20.6. The summed E-state index contributed by atoms with van der Waals surface area (Å²) >= 11 is 0. The number of nitriles is 1. The van der Waals surface area contributed by atoms with Gasteiger partial charge in [-0.3, -0.25) is 4.79 Å². The SMILES string of the molecule is C=CCNC(=O)/C(C#N)=C\c1cccc(O)c1. The van der Waals surface area contributed by atoms with Gasteiger partial charge in [-0.1, -0.05) is 18.2 Å². The monoisotopic (exact) mass is 228 g/mol. The largest absolute Gasteiger partial charge is 0.508 e. The molecule has 1 aromatic carbocycles. The van der Waals surface area contributed by atoms with Crippen LogP contribution in [0.4, 0.5) is 0 Å². The van der Waals surface area contributed by atoms with E-state index in [0.29, 0.717) is 12.1 Å². The van der Waals surface area contributed by atoms with Crippen LogP contribution in [0.5, 0.6) is 5.75 Å². The predicted octanol–water partition coefficient (Wildman–Crippen LogP) is 1.60. The molecule has 0 atom stereocenters. The fraction of sp³-hybridized carbons (Fsp3) is 0.0769. The number of nitrogens with zero attached hydrogens (tertiary/aromatic N) is 1. The van der Waals surface area contributed by atoms with E-state index in [2.05, 4.69) is 11.9 Å². The molecule has 0 aliphatic rings. The minimum atomic E-state index is -0.462. The maximum absolute atomic E-state index is 11.5. The number of amides is 1. The fourth-order valence-electron chi connectivity index (χ4n) is 1.19. The van der Waals surface area contributed by atoms with Crippen LogP contribution in [0.1, 0.15) is 5.56 Å². The highest BCUT2D eigenvalue weighted by Gasteiger charge is 2.07. The Labute approximate surface area is 99.5 Å². The second-order valence-electron chi connectivity index (χ2n) is 3.26. The molecule has 0 saturated carbocycles. The van der Waals surface area contributed by atoms with Crippen molar-refractivity contribution in [2.45, 2.75) is 0 Å². The number of benzene rings is 1. The van der Waals surface area contributed by atoms with Gasteiger partial charge in [0.15, 0.2) is 0 Å². The molecule has 0 spiro atoms. The Morgan fingerprint density at radius 3 is 2.94 bits per heavy atom. The average Bonchev–Trinajstić information content (AvgIpc) is 2.33. The zero-order valence-corrected chi connectivity index (χ0v) is 9.18. The van der Waals surface area contributed by atoms with Gasteiger partial charge in [-0.25, -0.2) is 0 Å². The summed E-state index contributed by atoms with van der Waals surface area (Å²) in [6.07, 6.45) is 2.94. The van der Waals surface area contributed by atoms with Crippen molar-refractivity contribution in [3.05, 3.63) is 48.1 Å². The van der Waals surface area contributed by atoms with E-state index in [0.717, 1.165) is 0 Å². The van der Waals surface area contributed by atoms with Crippen molar-refractivity contribution in [1.29, 1.82) is 5.26 Å². The summed E-state index contributed by atoms with van der Waals surface area (Å²) in [6, 6.07) is 8.13. The quantitative estimate of drug-likeness (QED) is 0.467. The second kappa shape index (κ2) is 6.13. The van der Waals surface area contributed by atoms with Gasteiger partial charge in [-0.2, -0.15) is 5.26 Å².